The van der Waals surface area contributed by atoms with Gasteiger partial charge >= 0.3 is 0 Å². The van der Waals surface area contributed by atoms with Crippen LogP contribution in [0.4, 0.5) is 11.5 Å². The molecule has 0 atom stereocenters. The van der Waals surface area contributed by atoms with Crippen molar-refractivity contribution in [3.8, 4) is 5.75 Å². The fourth-order valence-electron chi connectivity index (χ4n) is 1.82. The first kappa shape index (κ1) is 12.7. The molecule has 20 heavy (non-hydrogen) atoms. The van der Waals surface area contributed by atoms with Crippen LogP contribution < -0.4 is 15.8 Å². The average molecular weight is 286 g/mol. The largest absolute Gasteiger partial charge is 0.492 e. The molecule has 0 amide bonds. The van der Waals surface area contributed by atoms with E-state index in [0.29, 0.717) is 13.2 Å². The number of hydrogen-bond acceptors (Lipinski definition) is 6. The minimum Gasteiger partial charge on any atom is -0.492 e. The lowest BCUT2D eigenvalue weighted by atomic mass is 10.3. The van der Waals surface area contributed by atoms with E-state index in [2.05, 4.69) is 15.3 Å². The summed E-state index contributed by atoms with van der Waals surface area (Å²) < 4.78 is 6.69. The molecule has 0 saturated heterocycles. The van der Waals surface area contributed by atoms with Crippen LogP contribution in [-0.4, -0.2) is 23.1 Å². The molecule has 0 radical (unpaired) electrons. The maximum atomic E-state index is 5.62. The lowest BCUT2D eigenvalue weighted by Gasteiger charge is -2.08. The number of aromatic nitrogens is 2. The molecule has 0 unspecified atom stereocenters. The summed E-state index contributed by atoms with van der Waals surface area (Å²) in [5.74, 6) is 1.66. The van der Waals surface area contributed by atoms with Gasteiger partial charge in [-0.1, -0.05) is 0 Å². The lowest BCUT2D eigenvalue weighted by Crippen LogP contribution is -2.12. The highest BCUT2D eigenvalue weighted by atomic mass is 32.1. The Morgan fingerprint density at radius 1 is 1.15 bits per heavy atom. The molecule has 0 saturated carbocycles. The minimum atomic E-state index is 0.556. The van der Waals surface area contributed by atoms with E-state index in [1.165, 1.54) is 0 Å². The van der Waals surface area contributed by atoms with E-state index in [0.717, 1.165) is 27.5 Å². The first-order valence-electron chi connectivity index (χ1n) is 6.23. The normalized spacial score (nSPS) is 10.6. The molecular weight excluding hydrogens is 272 g/mol. The number of hydrogen-bond donors (Lipinski definition) is 2. The Labute approximate surface area is 120 Å². The average Bonchev–Trinajstić information content (AvgIpc) is 2.94. The molecule has 2 aromatic heterocycles. The van der Waals surface area contributed by atoms with Crippen molar-refractivity contribution in [2.75, 3.05) is 24.2 Å². The maximum absolute atomic E-state index is 5.62. The summed E-state index contributed by atoms with van der Waals surface area (Å²) in [7, 11) is 0. The molecule has 0 bridgehead atoms. The summed E-state index contributed by atoms with van der Waals surface area (Å²) >= 11 is 1.63. The number of thiophene rings is 1. The number of fused-ring (bicyclic) bond motifs is 1. The minimum absolute atomic E-state index is 0.556. The Kier molecular flexibility index (Phi) is 3.64. The number of nitrogens with two attached hydrogens (primary N) is 1. The van der Waals surface area contributed by atoms with Gasteiger partial charge in [-0.3, -0.25) is 0 Å². The standard InChI is InChI=1S/C14H14N4OS/c15-10-1-3-11(4-2-10)19-7-6-16-14-13-12(5-8-20-13)17-9-18-14/h1-5,8-9H,6-7,15H2,(H,16,17,18). The van der Waals surface area contributed by atoms with Crippen LogP contribution in [0.2, 0.25) is 0 Å². The number of benzene rings is 1. The zero-order valence-electron chi connectivity index (χ0n) is 10.7. The SMILES string of the molecule is Nc1ccc(OCCNc2ncnc3ccsc23)cc1. The molecule has 0 aliphatic rings. The van der Waals surface area contributed by atoms with Gasteiger partial charge in [0.25, 0.3) is 0 Å². The smallest absolute Gasteiger partial charge is 0.147 e. The maximum Gasteiger partial charge on any atom is 0.147 e. The molecule has 3 rings (SSSR count). The number of anilines is 2. The summed E-state index contributed by atoms with van der Waals surface area (Å²) in [6, 6.07) is 9.34. The van der Waals surface area contributed by atoms with E-state index in [9.17, 15) is 0 Å². The molecule has 0 spiro atoms. The first-order chi connectivity index (χ1) is 9.83. The molecule has 1 aromatic carbocycles. The number of nitrogen functional groups attached to an aromatic ring is 1. The predicted octanol–water partition coefficient (Wildman–Crippen LogP) is 2.76. The van der Waals surface area contributed by atoms with Gasteiger partial charge in [-0.2, -0.15) is 0 Å². The van der Waals surface area contributed by atoms with Gasteiger partial charge in [0.2, 0.25) is 0 Å². The molecule has 0 aliphatic heterocycles. The molecule has 3 N–H and O–H groups in total. The summed E-state index contributed by atoms with van der Waals surface area (Å²) in [4.78, 5) is 8.45. The van der Waals surface area contributed by atoms with Crippen molar-refractivity contribution in [1.29, 1.82) is 0 Å². The molecule has 5 nitrogen and oxygen atoms in total. The Morgan fingerprint density at radius 3 is 2.85 bits per heavy atom. The number of rotatable bonds is 5. The van der Waals surface area contributed by atoms with Crippen molar-refractivity contribution < 1.29 is 4.74 Å². The van der Waals surface area contributed by atoms with Crippen LogP contribution in [0.3, 0.4) is 0 Å². The zero-order valence-corrected chi connectivity index (χ0v) is 11.6. The van der Waals surface area contributed by atoms with Crippen molar-refractivity contribution in [2.45, 2.75) is 0 Å². The highest BCUT2D eigenvalue weighted by Gasteiger charge is 2.03. The van der Waals surface area contributed by atoms with Crippen molar-refractivity contribution in [3.63, 3.8) is 0 Å². The van der Waals surface area contributed by atoms with Gasteiger partial charge in [-0.25, -0.2) is 9.97 Å². The monoisotopic (exact) mass is 286 g/mol. The molecule has 3 aromatic rings. The van der Waals surface area contributed by atoms with Gasteiger partial charge in [0, 0.05) is 5.69 Å². The predicted molar refractivity (Wildman–Crippen MR) is 82.3 cm³/mol. The fraction of sp³-hybridized carbons (Fsp3) is 0.143. The topological polar surface area (TPSA) is 73.1 Å². The van der Waals surface area contributed by atoms with Gasteiger partial charge in [0.15, 0.2) is 0 Å². The quantitative estimate of drug-likeness (QED) is 0.557. The molecule has 6 heteroatoms. The third-order valence-electron chi connectivity index (χ3n) is 2.79. The lowest BCUT2D eigenvalue weighted by molar-refractivity contribution is 0.333. The van der Waals surface area contributed by atoms with Crippen molar-refractivity contribution in [2.24, 2.45) is 0 Å². The van der Waals surface area contributed by atoms with Gasteiger partial charge in [-0.15, -0.1) is 11.3 Å². The van der Waals surface area contributed by atoms with Crippen LogP contribution in [0.15, 0.2) is 42.0 Å². The molecule has 2 heterocycles. The van der Waals surface area contributed by atoms with Crippen LogP contribution in [0, 0.1) is 0 Å². The van der Waals surface area contributed by atoms with E-state index in [1.807, 2.05) is 35.7 Å². The highest BCUT2D eigenvalue weighted by Crippen LogP contribution is 2.24. The van der Waals surface area contributed by atoms with Crippen molar-refractivity contribution >= 4 is 33.1 Å². The second kappa shape index (κ2) is 5.75. The zero-order chi connectivity index (χ0) is 13.8. The van der Waals surface area contributed by atoms with Gasteiger partial charge in [0.1, 0.15) is 24.5 Å². The molecule has 0 aliphatic carbocycles. The summed E-state index contributed by atoms with van der Waals surface area (Å²) in [5, 5.41) is 5.27. The second-order valence-corrected chi connectivity index (χ2v) is 5.12. The third kappa shape index (κ3) is 2.80. The Morgan fingerprint density at radius 2 is 2.00 bits per heavy atom. The highest BCUT2D eigenvalue weighted by molar-refractivity contribution is 7.17. The van der Waals surface area contributed by atoms with Crippen LogP contribution >= 0.6 is 11.3 Å². The molecule has 0 fully saturated rings. The Bertz CT molecular complexity index is 696. The second-order valence-electron chi connectivity index (χ2n) is 4.20. The van der Waals surface area contributed by atoms with Crippen LogP contribution in [-0.2, 0) is 0 Å². The Hall–Kier alpha value is -2.34. The van der Waals surface area contributed by atoms with Crippen LogP contribution in [0.5, 0.6) is 5.75 Å². The van der Waals surface area contributed by atoms with Crippen molar-refractivity contribution in [3.05, 3.63) is 42.0 Å². The summed E-state index contributed by atoms with van der Waals surface area (Å²) in [6.45, 7) is 1.23. The molecular formula is C14H14N4OS. The summed E-state index contributed by atoms with van der Waals surface area (Å²) in [6.07, 6.45) is 1.57. The van der Waals surface area contributed by atoms with E-state index >= 15 is 0 Å². The number of nitrogens with zero attached hydrogens (tertiary/aromatic N) is 2. The third-order valence-corrected chi connectivity index (χ3v) is 3.70. The fourth-order valence-corrected chi connectivity index (χ4v) is 2.63. The number of nitrogens with one attached hydrogen (secondary N) is 1. The van der Waals surface area contributed by atoms with Crippen LogP contribution in [0.25, 0.3) is 10.2 Å². The van der Waals surface area contributed by atoms with E-state index in [-0.39, 0.29) is 0 Å². The summed E-state index contributed by atoms with van der Waals surface area (Å²) in [5.41, 5.74) is 7.32. The van der Waals surface area contributed by atoms with Crippen LogP contribution in [0.1, 0.15) is 0 Å². The van der Waals surface area contributed by atoms with Gasteiger partial charge in [-0.05, 0) is 35.7 Å². The Balaban J connectivity index is 1.55. The molecule has 102 valence electrons. The van der Waals surface area contributed by atoms with Gasteiger partial charge in [0.05, 0.1) is 16.8 Å². The first-order valence-corrected chi connectivity index (χ1v) is 7.11. The number of ether oxygens (including phenoxy) is 1. The van der Waals surface area contributed by atoms with Crippen molar-refractivity contribution in [1.82, 2.24) is 9.97 Å². The van der Waals surface area contributed by atoms with E-state index < -0.39 is 0 Å². The van der Waals surface area contributed by atoms with E-state index in [4.69, 9.17) is 10.5 Å². The van der Waals surface area contributed by atoms with Gasteiger partial charge < -0.3 is 15.8 Å². The van der Waals surface area contributed by atoms with E-state index in [1.54, 1.807) is 17.7 Å².